The number of hydrogen-bond donors (Lipinski definition) is 1. The number of aromatic nitrogens is 1. The third-order valence-electron chi connectivity index (χ3n) is 4.89. The van der Waals surface area contributed by atoms with Gasteiger partial charge in [-0.3, -0.25) is 9.59 Å². The fourth-order valence-corrected chi connectivity index (χ4v) is 4.28. The molecule has 1 unspecified atom stereocenters. The summed E-state index contributed by atoms with van der Waals surface area (Å²) in [5.74, 6) is -1.68. The van der Waals surface area contributed by atoms with Gasteiger partial charge in [-0.05, 0) is 32.1 Å². The number of carbonyl (C=O) groups is 2. The third kappa shape index (κ3) is 3.72. The number of Topliss-reactive ketones (excluding diaryl/α,β-unsaturated/α-hetero) is 1. The normalized spacial score (nSPS) is 17.1. The second-order valence-corrected chi connectivity index (χ2v) is 8.69. The molecule has 2 aromatic rings. The van der Waals surface area contributed by atoms with Crippen LogP contribution in [0.4, 0.5) is 0 Å². The van der Waals surface area contributed by atoms with Gasteiger partial charge in [0, 0.05) is 5.57 Å². The maximum Gasteiger partial charge on any atom is 0.240 e. The molecule has 0 spiro atoms. The Morgan fingerprint density at radius 3 is 2.39 bits per heavy atom. The molecule has 1 amide bonds. The molecule has 28 heavy (non-hydrogen) atoms. The largest absolute Gasteiger partial charge is 0.868 e. The van der Waals surface area contributed by atoms with Crippen LogP contribution in [0.25, 0.3) is 0 Å². The molecule has 0 saturated carbocycles. The Morgan fingerprint density at radius 1 is 1.21 bits per heavy atom. The highest BCUT2D eigenvalue weighted by molar-refractivity contribution is 7.14. The van der Waals surface area contributed by atoms with E-state index < -0.39 is 17.7 Å². The Hall–Kier alpha value is -2.51. The molecule has 0 aliphatic carbocycles. The summed E-state index contributed by atoms with van der Waals surface area (Å²) in [4.78, 5) is 33.5. The van der Waals surface area contributed by atoms with E-state index in [-0.39, 0.29) is 11.4 Å². The van der Waals surface area contributed by atoms with Gasteiger partial charge >= 0.3 is 0 Å². The molecule has 1 aromatic carbocycles. The van der Waals surface area contributed by atoms with Crippen LogP contribution in [0.3, 0.4) is 0 Å². The van der Waals surface area contributed by atoms with Crippen LogP contribution in [0.15, 0.2) is 35.6 Å². The van der Waals surface area contributed by atoms with Crippen molar-refractivity contribution < 1.29 is 19.6 Å². The van der Waals surface area contributed by atoms with E-state index in [1.54, 1.807) is 6.92 Å². The number of nitrogens with zero attached hydrogens (tertiary/aromatic N) is 2. The van der Waals surface area contributed by atoms with Crippen molar-refractivity contribution in [3.05, 3.63) is 62.3 Å². The van der Waals surface area contributed by atoms with Crippen LogP contribution >= 0.6 is 11.3 Å². The van der Waals surface area contributed by atoms with Gasteiger partial charge in [-0.15, -0.1) is 11.3 Å². The Bertz CT molecular complexity index is 944. The summed E-state index contributed by atoms with van der Waals surface area (Å²) >= 11 is 1.26. The minimum atomic E-state index is -0.699. The molecule has 0 fully saturated rings. The Morgan fingerprint density at radius 2 is 1.86 bits per heavy atom. The van der Waals surface area contributed by atoms with E-state index in [1.165, 1.54) is 16.2 Å². The number of quaternary nitrogens is 1. The average Bonchev–Trinajstić information content (AvgIpc) is 3.10. The lowest BCUT2D eigenvalue weighted by atomic mass is 9.94. The quantitative estimate of drug-likeness (QED) is 0.722. The number of thiazole rings is 1. The number of aryl methyl sites for hydroxylation is 3. The lowest BCUT2D eigenvalue weighted by molar-refractivity contribution is -0.857. The smallest absolute Gasteiger partial charge is 0.240 e. The van der Waals surface area contributed by atoms with Crippen molar-refractivity contribution in [3.8, 4) is 0 Å². The summed E-state index contributed by atoms with van der Waals surface area (Å²) in [6.07, 6.45) is 0. The highest BCUT2D eigenvalue weighted by Crippen LogP contribution is 2.39. The molecule has 3 rings (SSSR count). The number of ketones is 1. The first kappa shape index (κ1) is 20.2. The molecule has 7 heteroatoms. The van der Waals surface area contributed by atoms with E-state index in [1.807, 2.05) is 52.2 Å². The predicted octanol–water partition coefficient (Wildman–Crippen LogP) is 0.593. The van der Waals surface area contributed by atoms with Gasteiger partial charge in [0.2, 0.25) is 11.7 Å². The monoisotopic (exact) mass is 399 g/mol. The first-order valence-corrected chi connectivity index (χ1v) is 10.1. The average molecular weight is 400 g/mol. The first-order chi connectivity index (χ1) is 13.2. The van der Waals surface area contributed by atoms with E-state index in [2.05, 4.69) is 4.98 Å². The fourth-order valence-electron chi connectivity index (χ4n) is 3.40. The van der Waals surface area contributed by atoms with Gasteiger partial charge < -0.3 is 14.9 Å². The number of rotatable bonds is 6. The van der Waals surface area contributed by atoms with E-state index >= 15 is 0 Å². The standard InChI is InChI=1S/C21H25N3O3S/c1-12-6-8-15(9-7-12)17-16(18(25)20-13(2)22-14(3)28-20)19(26)21(27)24(17)11-10-23(4)5/h6-9,17,26H,10-11H2,1-5H3. The summed E-state index contributed by atoms with van der Waals surface area (Å²) in [5.41, 5.74) is 2.49. The molecule has 0 saturated heterocycles. The molecule has 2 heterocycles. The van der Waals surface area contributed by atoms with Crippen molar-refractivity contribution in [1.82, 2.24) is 9.88 Å². The molecular weight excluding hydrogens is 374 g/mol. The van der Waals surface area contributed by atoms with Crippen LogP contribution in [0.2, 0.25) is 0 Å². The van der Waals surface area contributed by atoms with Gasteiger partial charge in [-0.2, -0.15) is 0 Å². The summed E-state index contributed by atoms with van der Waals surface area (Å²) < 4.78 is 0. The topological polar surface area (TPSA) is 77.8 Å². The molecule has 148 valence electrons. The van der Waals surface area contributed by atoms with Crippen LogP contribution < -0.4 is 10.0 Å². The van der Waals surface area contributed by atoms with Gasteiger partial charge in [0.1, 0.15) is 0 Å². The van der Waals surface area contributed by atoms with Crippen molar-refractivity contribution in [1.29, 1.82) is 0 Å². The molecule has 0 radical (unpaired) electrons. The molecule has 1 aromatic heterocycles. The zero-order valence-electron chi connectivity index (χ0n) is 16.8. The number of benzene rings is 1. The second-order valence-electron chi connectivity index (χ2n) is 7.49. The predicted molar refractivity (Wildman–Crippen MR) is 106 cm³/mol. The third-order valence-corrected chi connectivity index (χ3v) is 5.96. The molecule has 1 aliphatic heterocycles. The van der Waals surface area contributed by atoms with Crippen LogP contribution in [0, 0.1) is 20.8 Å². The van der Waals surface area contributed by atoms with Crippen molar-refractivity contribution in [2.45, 2.75) is 26.8 Å². The zero-order chi connectivity index (χ0) is 20.6. The maximum absolute atomic E-state index is 13.3. The lowest BCUT2D eigenvalue weighted by Gasteiger charge is -2.28. The van der Waals surface area contributed by atoms with Crippen LogP contribution in [0.1, 0.15) is 37.5 Å². The minimum absolute atomic E-state index is 0.0364. The van der Waals surface area contributed by atoms with E-state index in [4.69, 9.17) is 0 Å². The van der Waals surface area contributed by atoms with Crippen molar-refractivity contribution >= 4 is 23.0 Å². The number of nitrogens with one attached hydrogen (secondary N) is 1. The van der Waals surface area contributed by atoms with Crippen molar-refractivity contribution in [2.75, 3.05) is 27.2 Å². The highest BCUT2D eigenvalue weighted by Gasteiger charge is 2.40. The van der Waals surface area contributed by atoms with Gasteiger partial charge in [-0.1, -0.05) is 29.8 Å². The fraction of sp³-hybridized carbons (Fsp3) is 0.381. The van der Waals surface area contributed by atoms with E-state index in [0.717, 1.165) is 21.0 Å². The van der Waals surface area contributed by atoms with Gasteiger partial charge in [0.05, 0.1) is 48.8 Å². The number of amides is 1. The lowest BCUT2D eigenvalue weighted by Crippen LogP contribution is -3.06. The molecule has 1 N–H and O–H groups in total. The molecule has 6 nitrogen and oxygen atoms in total. The van der Waals surface area contributed by atoms with Gasteiger partial charge in [0.15, 0.2) is 0 Å². The highest BCUT2D eigenvalue weighted by atomic mass is 32.1. The Kier molecular flexibility index (Phi) is 5.67. The van der Waals surface area contributed by atoms with Gasteiger partial charge in [-0.25, -0.2) is 4.98 Å². The Labute approximate surface area is 169 Å². The Balaban J connectivity index is 2.08. The summed E-state index contributed by atoms with van der Waals surface area (Å²) in [7, 11) is 3.98. The summed E-state index contributed by atoms with van der Waals surface area (Å²) in [6, 6.07) is 6.98. The van der Waals surface area contributed by atoms with Crippen molar-refractivity contribution in [3.63, 3.8) is 0 Å². The van der Waals surface area contributed by atoms with E-state index in [9.17, 15) is 14.7 Å². The number of carbonyl (C=O) groups excluding carboxylic acids is 2. The maximum atomic E-state index is 13.3. The van der Waals surface area contributed by atoms with Gasteiger partial charge in [0.25, 0.3) is 0 Å². The SMILES string of the molecule is Cc1ccc(C2C(C(=O)c3sc(C)nc3C)=C([O-])C(=O)N2CC[NH+](C)C)cc1. The minimum Gasteiger partial charge on any atom is -0.868 e. The van der Waals surface area contributed by atoms with Crippen LogP contribution in [-0.4, -0.2) is 48.8 Å². The second kappa shape index (κ2) is 7.85. The molecular formula is C21H25N3O3S. The summed E-state index contributed by atoms with van der Waals surface area (Å²) in [6.45, 7) is 6.64. The molecule has 1 aliphatic rings. The molecule has 0 bridgehead atoms. The molecule has 1 atom stereocenters. The van der Waals surface area contributed by atoms with Crippen LogP contribution in [-0.2, 0) is 4.79 Å². The summed E-state index contributed by atoms with van der Waals surface area (Å²) in [5, 5.41) is 13.6. The van der Waals surface area contributed by atoms with Crippen molar-refractivity contribution in [2.24, 2.45) is 0 Å². The van der Waals surface area contributed by atoms with Crippen LogP contribution in [0.5, 0.6) is 0 Å². The first-order valence-electron chi connectivity index (χ1n) is 9.27. The zero-order valence-corrected chi connectivity index (χ0v) is 17.6. The van der Waals surface area contributed by atoms with E-state index in [0.29, 0.717) is 23.7 Å². The number of hydrogen-bond acceptors (Lipinski definition) is 5. The number of likely N-dealkylation sites (N-methyl/N-ethyl adjacent to an activating group) is 1.